The minimum Gasteiger partial charge on any atom is -0.459 e. The van der Waals surface area contributed by atoms with E-state index in [1.807, 2.05) is 76.3 Å². The summed E-state index contributed by atoms with van der Waals surface area (Å²) in [5.74, 6) is -0.415. The number of benzene rings is 1. The summed E-state index contributed by atoms with van der Waals surface area (Å²) in [6.07, 6.45) is 8.83. The summed E-state index contributed by atoms with van der Waals surface area (Å²) in [6.45, 7) is 11.3. The van der Waals surface area contributed by atoms with E-state index in [2.05, 4.69) is 5.32 Å². The van der Waals surface area contributed by atoms with Crippen molar-refractivity contribution in [3.05, 3.63) is 76.6 Å². The molecule has 0 spiro atoms. The molecule has 7 nitrogen and oxygen atoms in total. The van der Waals surface area contributed by atoms with Gasteiger partial charge >= 0.3 is 12.1 Å². The second kappa shape index (κ2) is 12.5. The lowest BCUT2D eigenvalue weighted by molar-refractivity contribution is 0.0376. The second-order valence-corrected chi connectivity index (χ2v) is 12.5. The maximum absolute atomic E-state index is 13.6. The van der Waals surface area contributed by atoms with Crippen LogP contribution in [-0.2, 0) is 22.3 Å². The van der Waals surface area contributed by atoms with Crippen molar-refractivity contribution in [1.29, 1.82) is 0 Å². The van der Waals surface area contributed by atoms with Gasteiger partial charge in [0.25, 0.3) is 0 Å². The van der Waals surface area contributed by atoms with Crippen LogP contribution in [0.15, 0.2) is 48.7 Å². The normalized spacial score (nSPS) is 14.8. The number of nitrogens with zero attached hydrogens (tertiary/aromatic N) is 1. The fourth-order valence-corrected chi connectivity index (χ4v) is 5.77. The van der Waals surface area contributed by atoms with Gasteiger partial charge in [-0.05, 0) is 102 Å². The number of fused-ring (bicyclic) bond motifs is 1. The molecule has 2 aromatic heterocycles. The van der Waals surface area contributed by atoms with Crippen LogP contribution < -0.4 is 5.32 Å². The maximum atomic E-state index is 13.6. The van der Waals surface area contributed by atoms with Crippen LogP contribution in [0.3, 0.4) is 0 Å². The zero-order chi connectivity index (χ0) is 29.8. The standard InChI is InChI=1S/C34H44N2O5/c1-7-25-21-28-22-27(31(38)40-23(2)3)16-20-36(28)29(25)30(37)26-14-12-24(13-15-26)11-10-19-34(17-8-9-18-34)35-32(39)41-33(4,5)6/h12-16,20-23H,7-11,17-19H2,1-6H3,(H,35,39). The molecule has 220 valence electrons. The Morgan fingerprint density at radius 2 is 1.68 bits per heavy atom. The number of rotatable bonds is 10. The summed E-state index contributed by atoms with van der Waals surface area (Å²) in [5.41, 5.74) is 3.90. The highest BCUT2D eigenvalue weighted by atomic mass is 16.6. The average molecular weight is 561 g/mol. The van der Waals surface area contributed by atoms with Crippen LogP contribution in [0.4, 0.5) is 4.79 Å². The molecule has 1 amide bonds. The second-order valence-electron chi connectivity index (χ2n) is 12.5. The molecule has 3 aromatic rings. The smallest absolute Gasteiger partial charge is 0.408 e. The number of esters is 1. The number of ketones is 1. The number of hydrogen-bond acceptors (Lipinski definition) is 5. The van der Waals surface area contributed by atoms with Gasteiger partial charge in [-0.25, -0.2) is 9.59 Å². The number of aromatic nitrogens is 1. The van der Waals surface area contributed by atoms with Gasteiger partial charge in [0.05, 0.1) is 17.4 Å². The molecular weight excluding hydrogens is 516 g/mol. The largest absolute Gasteiger partial charge is 0.459 e. The van der Waals surface area contributed by atoms with Crippen molar-refractivity contribution in [3.8, 4) is 0 Å². The number of carbonyl (C=O) groups is 3. The number of amides is 1. The minimum absolute atomic E-state index is 0.0441. The summed E-state index contributed by atoms with van der Waals surface area (Å²) in [5, 5.41) is 3.18. The number of nitrogens with one attached hydrogen (secondary N) is 1. The van der Waals surface area contributed by atoms with Crippen LogP contribution >= 0.6 is 0 Å². The van der Waals surface area contributed by atoms with Crippen LogP contribution in [0.1, 0.15) is 118 Å². The van der Waals surface area contributed by atoms with Crippen LogP contribution in [0.25, 0.3) is 5.52 Å². The first kappa shape index (κ1) is 30.4. The molecule has 1 aliphatic carbocycles. The molecule has 0 saturated heterocycles. The quantitative estimate of drug-likeness (QED) is 0.205. The summed E-state index contributed by atoms with van der Waals surface area (Å²) in [6, 6.07) is 13.3. The van der Waals surface area contributed by atoms with E-state index in [4.69, 9.17) is 9.47 Å². The zero-order valence-electron chi connectivity index (χ0n) is 25.3. The first-order valence-corrected chi connectivity index (χ1v) is 14.9. The Balaban J connectivity index is 1.43. The molecular formula is C34H44N2O5. The molecule has 0 aliphatic heterocycles. The Kier molecular flexibility index (Phi) is 9.25. The molecule has 1 aromatic carbocycles. The third-order valence-corrected chi connectivity index (χ3v) is 7.69. The molecule has 0 atom stereocenters. The predicted molar refractivity (Wildman–Crippen MR) is 161 cm³/mol. The number of hydrogen-bond donors (Lipinski definition) is 1. The molecule has 2 heterocycles. The van der Waals surface area contributed by atoms with E-state index in [1.165, 1.54) is 0 Å². The van der Waals surface area contributed by atoms with Crippen molar-refractivity contribution >= 4 is 23.4 Å². The lowest BCUT2D eigenvalue weighted by Gasteiger charge is -2.32. The molecule has 41 heavy (non-hydrogen) atoms. The van der Waals surface area contributed by atoms with E-state index in [1.54, 1.807) is 18.3 Å². The van der Waals surface area contributed by atoms with E-state index in [0.717, 1.165) is 61.6 Å². The van der Waals surface area contributed by atoms with Crippen LogP contribution in [0.2, 0.25) is 0 Å². The predicted octanol–water partition coefficient (Wildman–Crippen LogP) is 7.46. The first-order chi connectivity index (χ1) is 19.4. The molecule has 0 bridgehead atoms. The van der Waals surface area contributed by atoms with Gasteiger partial charge in [0, 0.05) is 22.8 Å². The fourth-order valence-electron chi connectivity index (χ4n) is 5.77. The highest BCUT2D eigenvalue weighted by Crippen LogP contribution is 2.34. The Morgan fingerprint density at radius 3 is 2.29 bits per heavy atom. The number of carbonyl (C=O) groups excluding carboxylic acids is 3. The van der Waals surface area contributed by atoms with Crippen LogP contribution in [0.5, 0.6) is 0 Å². The van der Waals surface area contributed by atoms with Crippen molar-refractivity contribution in [2.45, 2.75) is 110 Å². The number of alkyl carbamates (subject to hydrolysis) is 1. The molecule has 1 aliphatic rings. The van der Waals surface area contributed by atoms with Gasteiger partial charge in [-0.15, -0.1) is 0 Å². The third kappa shape index (κ3) is 7.57. The molecule has 1 fully saturated rings. The van der Waals surface area contributed by atoms with Crippen molar-refractivity contribution in [2.75, 3.05) is 0 Å². The molecule has 4 rings (SSSR count). The molecule has 1 saturated carbocycles. The van der Waals surface area contributed by atoms with Crippen LogP contribution in [-0.4, -0.2) is 39.5 Å². The summed E-state index contributed by atoms with van der Waals surface area (Å²) < 4.78 is 12.7. The van der Waals surface area contributed by atoms with Gasteiger partial charge < -0.3 is 19.2 Å². The fraction of sp³-hybridized carbons (Fsp3) is 0.500. The van der Waals surface area contributed by atoms with E-state index >= 15 is 0 Å². The lowest BCUT2D eigenvalue weighted by atomic mass is 9.89. The van der Waals surface area contributed by atoms with Gasteiger partial charge in [0.2, 0.25) is 5.78 Å². The molecule has 0 radical (unpaired) electrons. The number of pyridine rings is 1. The molecule has 7 heteroatoms. The summed E-state index contributed by atoms with van der Waals surface area (Å²) in [7, 11) is 0. The van der Waals surface area contributed by atoms with Crippen molar-refractivity contribution < 1.29 is 23.9 Å². The number of aryl methyl sites for hydroxylation is 2. The SMILES string of the molecule is CCc1cc2cc(C(=O)OC(C)C)ccn2c1C(=O)c1ccc(CCCC2(NC(=O)OC(C)(C)C)CCCC2)cc1. The minimum atomic E-state index is -0.515. The van der Waals surface area contributed by atoms with Crippen molar-refractivity contribution in [1.82, 2.24) is 9.72 Å². The van der Waals surface area contributed by atoms with Crippen molar-refractivity contribution in [2.24, 2.45) is 0 Å². The van der Waals surface area contributed by atoms with Gasteiger partial charge in [0.1, 0.15) is 5.60 Å². The highest BCUT2D eigenvalue weighted by molar-refractivity contribution is 6.09. The Morgan fingerprint density at radius 1 is 1.00 bits per heavy atom. The molecule has 0 unspecified atom stereocenters. The lowest BCUT2D eigenvalue weighted by Crippen LogP contribution is -2.48. The van der Waals surface area contributed by atoms with Gasteiger partial charge in [-0.2, -0.15) is 0 Å². The van der Waals surface area contributed by atoms with E-state index in [0.29, 0.717) is 23.2 Å². The van der Waals surface area contributed by atoms with Gasteiger partial charge in [0.15, 0.2) is 0 Å². The Labute approximate surface area is 243 Å². The Hall–Kier alpha value is -3.61. The monoisotopic (exact) mass is 560 g/mol. The maximum Gasteiger partial charge on any atom is 0.408 e. The highest BCUT2D eigenvalue weighted by Gasteiger charge is 2.36. The zero-order valence-corrected chi connectivity index (χ0v) is 25.3. The van der Waals surface area contributed by atoms with E-state index in [9.17, 15) is 14.4 Å². The third-order valence-electron chi connectivity index (χ3n) is 7.69. The Bertz CT molecular complexity index is 1390. The van der Waals surface area contributed by atoms with Gasteiger partial charge in [-0.3, -0.25) is 4.79 Å². The summed E-state index contributed by atoms with van der Waals surface area (Å²) in [4.78, 5) is 38.5. The number of ether oxygens (including phenoxy) is 2. The topological polar surface area (TPSA) is 86.1 Å². The first-order valence-electron chi connectivity index (χ1n) is 14.9. The van der Waals surface area contributed by atoms with Crippen LogP contribution in [0, 0.1) is 0 Å². The van der Waals surface area contributed by atoms with Crippen molar-refractivity contribution in [3.63, 3.8) is 0 Å². The van der Waals surface area contributed by atoms with E-state index < -0.39 is 5.60 Å². The average Bonchev–Trinajstić information content (AvgIpc) is 3.51. The summed E-state index contributed by atoms with van der Waals surface area (Å²) >= 11 is 0. The van der Waals surface area contributed by atoms with Gasteiger partial charge in [-0.1, -0.05) is 44.0 Å². The molecule has 1 N–H and O–H groups in total. The van der Waals surface area contributed by atoms with E-state index in [-0.39, 0.29) is 29.5 Å².